The number of rotatable bonds is 5. The van der Waals surface area contributed by atoms with Gasteiger partial charge in [-0.15, -0.1) is 0 Å². The lowest BCUT2D eigenvalue weighted by molar-refractivity contribution is -0.122. The van der Waals surface area contributed by atoms with Crippen molar-refractivity contribution in [1.29, 1.82) is 0 Å². The molecular weight excluding hydrogens is 236 g/mol. The second-order valence-corrected chi connectivity index (χ2v) is 4.44. The Kier molecular flexibility index (Phi) is 4.67. The van der Waals surface area contributed by atoms with Crippen molar-refractivity contribution in [3.8, 4) is 0 Å². The summed E-state index contributed by atoms with van der Waals surface area (Å²) in [6.07, 6.45) is 4.26. The Labute approximate surface area is 113 Å². The zero-order valence-electron chi connectivity index (χ0n) is 11.0. The van der Waals surface area contributed by atoms with Crippen molar-refractivity contribution in [2.24, 2.45) is 0 Å². The van der Waals surface area contributed by atoms with Gasteiger partial charge in [-0.3, -0.25) is 9.78 Å². The van der Waals surface area contributed by atoms with Crippen LogP contribution in [0.1, 0.15) is 30.4 Å². The Morgan fingerprint density at radius 2 is 1.84 bits per heavy atom. The van der Waals surface area contributed by atoms with Gasteiger partial charge in [0.2, 0.25) is 5.91 Å². The quantitative estimate of drug-likeness (QED) is 0.891. The number of nitrogens with zero attached hydrogens (tertiary/aromatic N) is 1. The predicted octanol–water partition coefficient (Wildman–Crippen LogP) is 2.89. The second kappa shape index (κ2) is 6.69. The zero-order valence-corrected chi connectivity index (χ0v) is 11.0. The van der Waals surface area contributed by atoms with E-state index in [1.54, 1.807) is 12.4 Å². The molecule has 0 radical (unpaired) electrons. The number of carbonyl (C=O) groups excluding carboxylic acids is 1. The number of amides is 1. The number of carbonyl (C=O) groups is 1. The van der Waals surface area contributed by atoms with Gasteiger partial charge in [0.1, 0.15) is 0 Å². The molecule has 98 valence electrons. The first-order chi connectivity index (χ1) is 9.31. The molecule has 0 aliphatic rings. The number of aromatic nitrogens is 1. The van der Waals surface area contributed by atoms with Gasteiger partial charge in [0.15, 0.2) is 0 Å². The highest BCUT2D eigenvalue weighted by Crippen LogP contribution is 2.19. The molecule has 2 rings (SSSR count). The van der Waals surface area contributed by atoms with E-state index >= 15 is 0 Å². The van der Waals surface area contributed by atoms with Crippen molar-refractivity contribution in [2.75, 3.05) is 0 Å². The molecule has 2 aromatic rings. The summed E-state index contributed by atoms with van der Waals surface area (Å²) < 4.78 is 0. The summed E-state index contributed by atoms with van der Waals surface area (Å²) in [5.41, 5.74) is 2.13. The van der Waals surface area contributed by atoms with Gasteiger partial charge < -0.3 is 5.32 Å². The van der Waals surface area contributed by atoms with Crippen LogP contribution < -0.4 is 5.32 Å². The maximum absolute atomic E-state index is 12.2. The van der Waals surface area contributed by atoms with Gasteiger partial charge in [0.25, 0.3) is 0 Å². The summed E-state index contributed by atoms with van der Waals surface area (Å²) >= 11 is 0. The third kappa shape index (κ3) is 3.65. The first-order valence-corrected chi connectivity index (χ1v) is 6.53. The number of nitrogens with one attached hydrogen (secondary N) is 1. The van der Waals surface area contributed by atoms with Gasteiger partial charge in [-0.05, 0) is 29.7 Å². The Hall–Kier alpha value is -2.16. The second-order valence-electron chi connectivity index (χ2n) is 4.44. The number of benzene rings is 1. The lowest BCUT2D eigenvalue weighted by Crippen LogP contribution is -2.28. The van der Waals surface area contributed by atoms with Gasteiger partial charge >= 0.3 is 0 Å². The largest absolute Gasteiger partial charge is 0.351 e. The molecule has 0 fully saturated rings. The summed E-state index contributed by atoms with van der Waals surface area (Å²) in [4.78, 5) is 16.2. The standard InChI is InChI=1S/C16H18N2O/c1-2-15(14-6-4-3-5-7-14)16(19)18-12-13-8-10-17-11-9-13/h3-11,15H,2,12H2,1H3,(H,18,19)/t15-/m0/s1. The van der Waals surface area contributed by atoms with Crippen LogP contribution >= 0.6 is 0 Å². The summed E-state index contributed by atoms with van der Waals surface area (Å²) in [5.74, 6) is -0.00597. The molecule has 1 aromatic carbocycles. The monoisotopic (exact) mass is 254 g/mol. The Morgan fingerprint density at radius 1 is 1.16 bits per heavy atom. The van der Waals surface area contributed by atoms with E-state index in [2.05, 4.69) is 10.3 Å². The van der Waals surface area contributed by atoms with Gasteiger partial charge in [-0.2, -0.15) is 0 Å². The van der Waals surface area contributed by atoms with Crippen molar-refractivity contribution < 1.29 is 4.79 Å². The van der Waals surface area contributed by atoms with Crippen LogP contribution in [0.3, 0.4) is 0 Å². The van der Waals surface area contributed by atoms with E-state index in [1.807, 2.05) is 49.4 Å². The van der Waals surface area contributed by atoms with Crippen LogP contribution in [0.5, 0.6) is 0 Å². The van der Waals surface area contributed by atoms with Crippen molar-refractivity contribution in [1.82, 2.24) is 10.3 Å². The zero-order chi connectivity index (χ0) is 13.5. The molecule has 0 bridgehead atoms. The highest BCUT2D eigenvalue weighted by Gasteiger charge is 2.17. The molecule has 1 aromatic heterocycles. The first kappa shape index (κ1) is 13.3. The molecular formula is C16H18N2O. The summed E-state index contributed by atoms with van der Waals surface area (Å²) in [7, 11) is 0. The van der Waals surface area contributed by atoms with E-state index in [-0.39, 0.29) is 11.8 Å². The molecule has 0 aliphatic carbocycles. The van der Waals surface area contributed by atoms with Gasteiger partial charge in [0, 0.05) is 18.9 Å². The van der Waals surface area contributed by atoms with E-state index < -0.39 is 0 Å². The van der Waals surface area contributed by atoms with Gasteiger partial charge in [-0.1, -0.05) is 37.3 Å². The van der Waals surface area contributed by atoms with Crippen LogP contribution in [0, 0.1) is 0 Å². The van der Waals surface area contributed by atoms with Crippen LogP contribution in [0.2, 0.25) is 0 Å². The molecule has 1 N–H and O–H groups in total. The molecule has 1 atom stereocenters. The van der Waals surface area contributed by atoms with E-state index in [0.29, 0.717) is 6.54 Å². The maximum Gasteiger partial charge on any atom is 0.227 e. The highest BCUT2D eigenvalue weighted by atomic mass is 16.1. The fourth-order valence-electron chi connectivity index (χ4n) is 2.07. The number of hydrogen-bond acceptors (Lipinski definition) is 2. The number of pyridine rings is 1. The molecule has 1 amide bonds. The van der Waals surface area contributed by atoms with Gasteiger partial charge in [-0.25, -0.2) is 0 Å². The van der Waals surface area contributed by atoms with Crippen molar-refractivity contribution in [3.63, 3.8) is 0 Å². The molecule has 3 nitrogen and oxygen atoms in total. The van der Waals surface area contributed by atoms with E-state index in [9.17, 15) is 4.79 Å². The lowest BCUT2D eigenvalue weighted by Gasteiger charge is -2.15. The minimum absolute atomic E-state index is 0.0745. The molecule has 0 saturated carbocycles. The minimum Gasteiger partial charge on any atom is -0.351 e. The molecule has 1 heterocycles. The van der Waals surface area contributed by atoms with Crippen LogP contribution in [-0.2, 0) is 11.3 Å². The molecule has 0 saturated heterocycles. The normalized spacial score (nSPS) is 11.8. The average Bonchev–Trinajstić information content (AvgIpc) is 2.48. The van der Waals surface area contributed by atoms with Crippen LogP contribution in [0.15, 0.2) is 54.9 Å². The highest BCUT2D eigenvalue weighted by molar-refractivity contribution is 5.83. The minimum atomic E-state index is -0.0805. The Balaban J connectivity index is 1.98. The third-order valence-corrected chi connectivity index (χ3v) is 3.14. The van der Waals surface area contributed by atoms with E-state index in [0.717, 1.165) is 17.5 Å². The molecule has 0 aliphatic heterocycles. The van der Waals surface area contributed by atoms with Crippen molar-refractivity contribution >= 4 is 5.91 Å². The number of hydrogen-bond donors (Lipinski definition) is 1. The smallest absolute Gasteiger partial charge is 0.227 e. The first-order valence-electron chi connectivity index (χ1n) is 6.53. The van der Waals surface area contributed by atoms with E-state index in [4.69, 9.17) is 0 Å². The fraction of sp³-hybridized carbons (Fsp3) is 0.250. The summed E-state index contributed by atoms with van der Waals surface area (Å²) in [6.45, 7) is 2.58. The summed E-state index contributed by atoms with van der Waals surface area (Å²) in [5, 5.41) is 2.98. The van der Waals surface area contributed by atoms with Crippen LogP contribution in [0.25, 0.3) is 0 Å². The Bertz CT molecular complexity index is 511. The predicted molar refractivity (Wildman–Crippen MR) is 75.6 cm³/mol. The van der Waals surface area contributed by atoms with E-state index in [1.165, 1.54) is 0 Å². The molecule has 0 unspecified atom stereocenters. The molecule has 0 spiro atoms. The SMILES string of the molecule is CC[C@H](C(=O)NCc1ccncc1)c1ccccc1. The molecule has 19 heavy (non-hydrogen) atoms. The lowest BCUT2D eigenvalue weighted by atomic mass is 9.95. The Morgan fingerprint density at radius 3 is 2.47 bits per heavy atom. The summed E-state index contributed by atoms with van der Waals surface area (Å²) in [6, 6.07) is 13.7. The topological polar surface area (TPSA) is 42.0 Å². The van der Waals surface area contributed by atoms with Crippen LogP contribution in [0.4, 0.5) is 0 Å². The fourth-order valence-corrected chi connectivity index (χ4v) is 2.07. The third-order valence-electron chi connectivity index (χ3n) is 3.14. The molecule has 3 heteroatoms. The maximum atomic E-state index is 12.2. The van der Waals surface area contributed by atoms with Crippen molar-refractivity contribution in [3.05, 3.63) is 66.0 Å². The van der Waals surface area contributed by atoms with Gasteiger partial charge in [0.05, 0.1) is 5.92 Å². The average molecular weight is 254 g/mol. The van der Waals surface area contributed by atoms with Crippen LogP contribution in [-0.4, -0.2) is 10.9 Å². The van der Waals surface area contributed by atoms with Crippen molar-refractivity contribution in [2.45, 2.75) is 25.8 Å².